The van der Waals surface area contributed by atoms with Gasteiger partial charge < -0.3 is 5.32 Å². The van der Waals surface area contributed by atoms with Crippen LogP contribution in [0.1, 0.15) is 38.8 Å². The van der Waals surface area contributed by atoms with Crippen LogP contribution >= 0.6 is 11.8 Å². The summed E-state index contributed by atoms with van der Waals surface area (Å²) in [6.45, 7) is 6.25. The molecule has 2 aromatic heterocycles. The fourth-order valence-electron chi connectivity index (χ4n) is 3.68. The molecule has 130 valence electrons. The lowest BCUT2D eigenvalue weighted by Gasteiger charge is -2.39. The summed E-state index contributed by atoms with van der Waals surface area (Å²) in [6, 6.07) is 3.70. The largest absolute Gasteiger partial charge is 0.328 e. The lowest BCUT2D eigenvalue weighted by molar-refractivity contribution is -0.125. The van der Waals surface area contributed by atoms with Crippen molar-refractivity contribution in [1.82, 2.24) is 19.7 Å². The Balaban J connectivity index is 1.88. The van der Waals surface area contributed by atoms with Crippen molar-refractivity contribution in [3.05, 3.63) is 41.9 Å². The number of thioether (sulfide) groups is 1. The summed E-state index contributed by atoms with van der Waals surface area (Å²) in [6.07, 6.45) is 6.26. The van der Waals surface area contributed by atoms with Gasteiger partial charge in [-0.05, 0) is 22.8 Å². The highest BCUT2D eigenvalue weighted by molar-refractivity contribution is 7.99. The number of carbonyl (C=O) groups is 1. The summed E-state index contributed by atoms with van der Waals surface area (Å²) in [5, 5.41) is 8.75. The van der Waals surface area contributed by atoms with Gasteiger partial charge in [0, 0.05) is 24.5 Å². The first-order chi connectivity index (χ1) is 12.0. The third-order valence-electron chi connectivity index (χ3n) is 4.60. The molecule has 0 bridgehead atoms. The smallest absolute Gasteiger partial charge is 0.227 e. The first-order valence-electron chi connectivity index (χ1n) is 8.50. The molecule has 2 aliphatic rings. The fraction of sp³-hybridized carbons (Fsp3) is 0.444. The molecule has 0 aromatic carbocycles. The fourth-order valence-corrected chi connectivity index (χ4v) is 4.24. The first-order valence-corrected chi connectivity index (χ1v) is 9.49. The van der Waals surface area contributed by atoms with Gasteiger partial charge in [-0.2, -0.15) is 4.98 Å². The van der Waals surface area contributed by atoms with Gasteiger partial charge in [0.2, 0.25) is 11.1 Å². The Bertz CT molecular complexity index is 842. The van der Waals surface area contributed by atoms with Crippen molar-refractivity contribution in [2.24, 2.45) is 11.3 Å². The average molecular weight is 355 g/mol. The summed E-state index contributed by atoms with van der Waals surface area (Å²) < 4.78 is 1.85. The molecule has 0 spiro atoms. The number of aromatic nitrogens is 4. The maximum absolute atomic E-state index is 13.0. The predicted molar refractivity (Wildman–Crippen MR) is 97.4 cm³/mol. The number of hydrogen-bond donors (Lipinski definition) is 1. The van der Waals surface area contributed by atoms with Gasteiger partial charge in [-0.25, -0.2) is 4.68 Å². The molecule has 6 nitrogen and oxygen atoms in total. The van der Waals surface area contributed by atoms with Crippen molar-refractivity contribution in [3.63, 3.8) is 0 Å². The molecular weight excluding hydrogens is 334 g/mol. The van der Waals surface area contributed by atoms with E-state index >= 15 is 0 Å². The number of rotatable bonds is 3. The van der Waals surface area contributed by atoms with E-state index in [1.54, 1.807) is 18.0 Å². The predicted octanol–water partition coefficient (Wildman–Crippen LogP) is 3.30. The minimum Gasteiger partial charge on any atom is -0.328 e. The van der Waals surface area contributed by atoms with Gasteiger partial charge >= 0.3 is 0 Å². The number of nitrogens with one attached hydrogen (secondary N) is 1. The molecule has 1 aliphatic carbocycles. The molecule has 0 saturated heterocycles. The standard InChI is InChI=1S/C18H21N5OS/c1-4-25-17-21-16-20-12-8-18(2,3)9-13(24)14(12)15(23(16)22-17)11-6-5-7-19-10-11/h5-8,10,14-15H,4,9H2,1-3H3,(H,20,21,22)/t14-,15-/m0/s1. The highest BCUT2D eigenvalue weighted by Crippen LogP contribution is 2.45. The number of fused-ring (bicyclic) bond motifs is 2. The lowest BCUT2D eigenvalue weighted by atomic mass is 9.72. The maximum atomic E-state index is 13.0. The van der Waals surface area contributed by atoms with E-state index in [2.05, 4.69) is 47.2 Å². The van der Waals surface area contributed by atoms with Gasteiger partial charge in [-0.1, -0.05) is 44.7 Å². The average Bonchev–Trinajstić information content (AvgIpc) is 2.95. The molecule has 0 fully saturated rings. The van der Waals surface area contributed by atoms with Gasteiger partial charge in [-0.15, -0.1) is 5.10 Å². The zero-order chi connectivity index (χ0) is 17.6. The summed E-state index contributed by atoms with van der Waals surface area (Å²) in [5.74, 6) is 1.55. The van der Waals surface area contributed by atoms with Crippen molar-refractivity contribution in [2.45, 2.75) is 38.4 Å². The molecular formula is C18H21N5OS. The Morgan fingerprint density at radius 2 is 2.28 bits per heavy atom. The minimum absolute atomic E-state index is 0.154. The summed E-state index contributed by atoms with van der Waals surface area (Å²) in [4.78, 5) is 21.9. The van der Waals surface area contributed by atoms with Crippen LogP contribution in [0.3, 0.4) is 0 Å². The van der Waals surface area contributed by atoms with Crippen LogP contribution in [0, 0.1) is 11.3 Å². The van der Waals surface area contributed by atoms with Gasteiger partial charge in [-0.3, -0.25) is 9.78 Å². The number of pyridine rings is 1. The van der Waals surface area contributed by atoms with Gasteiger partial charge in [0.25, 0.3) is 0 Å². The zero-order valence-corrected chi connectivity index (χ0v) is 15.4. The van der Waals surface area contributed by atoms with E-state index in [0.717, 1.165) is 22.2 Å². The monoisotopic (exact) mass is 355 g/mol. The molecule has 3 heterocycles. The quantitative estimate of drug-likeness (QED) is 0.852. The second-order valence-corrected chi connectivity index (χ2v) is 8.39. The van der Waals surface area contributed by atoms with Crippen molar-refractivity contribution in [1.29, 1.82) is 0 Å². The van der Waals surface area contributed by atoms with Crippen molar-refractivity contribution in [2.75, 3.05) is 11.1 Å². The van der Waals surface area contributed by atoms with Gasteiger partial charge in [0.1, 0.15) is 5.78 Å². The van der Waals surface area contributed by atoms with Crippen LogP contribution in [0.4, 0.5) is 5.95 Å². The van der Waals surface area contributed by atoms with Gasteiger partial charge in [0.05, 0.1) is 12.0 Å². The highest BCUT2D eigenvalue weighted by Gasteiger charge is 2.45. The number of ketones is 1. The molecule has 0 unspecified atom stereocenters. The summed E-state index contributed by atoms with van der Waals surface area (Å²) >= 11 is 1.60. The van der Waals surface area contributed by atoms with Crippen LogP contribution in [-0.4, -0.2) is 31.3 Å². The Kier molecular flexibility index (Phi) is 3.91. The van der Waals surface area contributed by atoms with E-state index in [1.165, 1.54) is 0 Å². The molecule has 25 heavy (non-hydrogen) atoms. The molecule has 0 saturated carbocycles. The van der Waals surface area contributed by atoms with E-state index < -0.39 is 0 Å². The number of hydrogen-bond acceptors (Lipinski definition) is 6. The Morgan fingerprint density at radius 1 is 1.44 bits per heavy atom. The number of anilines is 1. The minimum atomic E-state index is -0.272. The van der Waals surface area contributed by atoms with Crippen LogP contribution in [0.2, 0.25) is 0 Å². The molecule has 2 atom stereocenters. The van der Waals surface area contributed by atoms with Crippen molar-refractivity contribution < 1.29 is 4.79 Å². The Hall–Kier alpha value is -2.15. The van der Waals surface area contributed by atoms with Crippen LogP contribution in [0.25, 0.3) is 0 Å². The molecule has 7 heteroatoms. The molecule has 0 amide bonds. The van der Waals surface area contributed by atoms with Crippen LogP contribution in [0.5, 0.6) is 0 Å². The number of nitrogens with zero attached hydrogens (tertiary/aromatic N) is 4. The Morgan fingerprint density at radius 3 is 3.00 bits per heavy atom. The highest BCUT2D eigenvalue weighted by atomic mass is 32.2. The van der Waals surface area contributed by atoms with Crippen LogP contribution < -0.4 is 5.32 Å². The molecule has 4 rings (SSSR count). The molecule has 2 aromatic rings. The van der Waals surface area contributed by atoms with E-state index in [-0.39, 0.29) is 23.2 Å². The van der Waals surface area contributed by atoms with E-state index in [9.17, 15) is 4.79 Å². The number of Topliss-reactive ketones (excluding diaryl/α,β-unsaturated/α-hetero) is 1. The second kappa shape index (κ2) is 5.98. The normalized spacial score (nSPS) is 24.1. The zero-order valence-electron chi connectivity index (χ0n) is 14.6. The van der Waals surface area contributed by atoms with Gasteiger partial charge in [0.15, 0.2) is 0 Å². The SMILES string of the molecule is CCSc1nc2n(n1)[C@@H](c1cccnc1)[C@@H]1C(=O)CC(C)(C)C=C1N2. The third-order valence-corrected chi connectivity index (χ3v) is 5.32. The van der Waals surface area contributed by atoms with Crippen molar-refractivity contribution in [3.8, 4) is 0 Å². The summed E-state index contributed by atoms with van der Waals surface area (Å²) in [7, 11) is 0. The first kappa shape index (κ1) is 16.3. The van der Waals surface area contributed by atoms with E-state index in [0.29, 0.717) is 12.4 Å². The molecule has 0 radical (unpaired) electrons. The van der Waals surface area contributed by atoms with Crippen LogP contribution in [-0.2, 0) is 4.79 Å². The lowest BCUT2D eigenvalue weighted by Crippen LogP contribution is -2.42. The third kappa shape index (κ3) is 2.86. The van der Waals surface area contributed by atoms with E-state index in [4.69, 9.17) is 0 Å². The molecule has 1 N–H and O–H groups in total. The topological polar surface area (TPSA) is 72.7 Å². The molecule has 1 aliphatic heterocycles. The van der Waals surface area contributed by atoms with Crippen LogP contribution in [0.15, 0.2) is 41.5 Å². The van der Waals surface area contributed by atoms with E-state index in [1.807, 2.05) is 23.0 Å². The maximum Gasteiger partial charge on any atom is 0.227 e. The number of allylic oxidation sites excluding steroid dienone is 2. The Labute approximate surface area is 151 Å². The summed E-state index contributed by atoms with van der Waals surface area (Å²) in [5.41, 5.74) is 1.76. The number of carbonyl (C=O) groups excluding carboxylic acids is 1. The van der Waals surface area contributed by atoms with Crippen molar-refractivity contribution >= 4 is 23.5 Å². The second-order valence-electron chi connectivity index (χ2n) is 7.16.